The molecule has 0 spiro atoms. The van der Waals surface area contributed by atoms with Gasteiger partial charge in [0.05, 0.1) is 0 Å². The molecule has 4 aliphatic rings. The molecule has 0 aromatic heterocycles. The first-order valence-electron chi connectivity index (χ1n) is 6.71. The van der Waals surface area contributed by atoms with Crippen LogP contribution in [0, 0.1) is 17.8 Å². The molecule has 3 aliphatic heterocycles. The first kappa shape index (κ1) is 10.6. The highest BCUT2D eigenvalue weighted by molar-refractivity contribution is 5.66. The molecular weight excluding hydrogens is 202 g/mol. The van der Waals surface area contributed by atoms with Gasteiger partial charge in [0.25, 0.3) is 0 Å². The Kier molecular flexibility index (Phi) is 2.66. The second-order valence-corrected chi connectivity index (χ2v) is 5.80. The summed E-state index contributed by atoms with van der Waals surface area (Å²) in [4.78, 5) is 13.3. The predicted octanol–water partition coefficient (Wildman–Crippen LogP) is 1.97. The van der Waals surface area contributed by atoms with E-state index in [2.05, 4.69) is 4.90 Å². The van der Waals surface area contributed by atoms with Crippen LogP contribution in [0.25, 0.3) is 0 Å². The molecule has 0 aromatic rings. The fourth-order valence-electron chi connectivity index (χ4n) is 4.45. The monoisotopic (exact) mass is 223 g/mol. The molecule has 4 rings (SSSR count). The molecule has 90 valence electrons. The fraction of sp³-hybridized carbons (Fsp3) is 0.923. The lowest BCUT2D eigenvalue weighted by Crippen LogP contribution is -2.54. The number of hydrogen-bond donors (Lipinski definition) is 1. The van der Waals surface area contributed by atoms with Gasteiger partial charge in [0, 0.05) is 12.5 Å². The van der Waals surface area contributed by atoms with Crippen molar-refractivity contribution in [1.82, 2.24) is 4.90 Å². The minimum atomic E-state index is -0.626. The maximum absolute atomic E-state index is 10.7. The number of nitrogens with zero attached hydrogens (tertiary/aromatic N) is 1. The first-order chi connectivity index (χ1) is 7.75. The molecule has 4 fully saturated rings. The van der Waals surface area contributed by atoms with Gasteiger partial charge in [-0.3, -0.25) is 9.69 Å². The highest BCUT2D eigenvalue weighted by Gasteiger charge is 2.48. The molecule has 16 heavy (non-hydrogen) atoms. The Balaban J connectivity index is 1.67. The van der Waals surface area contributed by atoms with Gasteiger partial charge >= 0.3 is 5.97 Å². The van der Waals surface area contributed by atoms with Gasteiger partial charge in [0.1, 0.15) is 0 Å². The van der Waals surface area contributed by atoms with Gasteiger partial charge in [-0.25, -0.2) is 0 Å². The average Bonchev–Trinajstić information content (AvgIpc) is 2.73. The summed E-state index contributed by atoms with van der Waals surface area (Å²) in [6.07, 6.45) is 6.69. The summed E-state index contributed by atoms with van der Waals surface area (Å²) in [7, 11) is 0. The van der Waals surface area contributed by atoms with Crippen LogP contribution in [0.15, 0.2) is 0 Å². The predicted molar refractivity (Wildman–Crippen MR) is 61.2 cm³/mol. The number of carboxylic acid groups (broad SMARTS) is 1. The molecular formula is C13H21NO2. The van der Waals surface area contributed by atoms with Crippen molar-refractivity contribution in [3.8, 4) is 0 Å². The number of rotatable bonds is 3. The van der Waals surface area contributed by atoms with Gasteiger partial charge < -0.3 is 5.11 Å². The summed E-state index contributed by atoms with van der Waals surface area (Å²) in [5.74, 6) is 1.91. The normalized spacial score (nSPS) is 45.6. The molecule has 3 atom stereocenters. The molecule has 0 radical (unpaired) electrons. The standard InChI is InChI=1S/C13H21NO2/c15-12(16)4-2-10-1-3-11-9-5-7-14(8-6-9)13(10)11/h9-11,13H,1-8H2,(H,15,16). The molecule has 3 heterocycles. The topological polar surface area (TPSA) is 40.5 Å². The summed E-state index contributed by atoms with van der Waals surface area (Å²) in [6.45, 7) is 2.55. The smallest absolute Gasteiger partial charge is 0.303 e. The molecule has 2 bridgehead atoms. The summed E-state index contributed by atoms with van der Waals surface area (Å²) in [6, 6.07) is 0.742. The zero-order valence-electron chi connectivity index (χ0n) is 9.77. The summed E-state index contributed by atoms with van der Waals surface area (Å²) >= 11 is 0. The maximum Gasteiger partial charge on any atom is 0.303 e. The van der Waals surface area contributed by atoms with E-state index in [0.717, 1.165) is 24.3 Å². The number of fused-ring (bicyclic) bond motifs is 2. The van der Waals surface area contributed by atoms with E-state index in [0.29, 0.717) is 12.3 Å². The minimum absolute atomic E-state index is 0.367. The lowest BCUT2D eigenvalue weighted by Gasteiger charge is -2.50. The van der Waals surface area contributed by atoms with Crippen LogP contribution in [-0.4, -0.2) is 35.1 Å². The van der Waals surface area contributed by atoms with Gasteiger partial charge in [0.2, 0.25) is 0 Å². The van der Waals surface area contributed by atoms with E-state index in [4.69, 9.17) is 5.11 Å². The van der Waals surface area contributed by atoms with Gasteiger partial charge in [-0.15, -0.1) is 0 Å². The van der Waals surface area contributed by atoms with Gasteiger partial charge in [-0.05, 0) is 62.9 Å². The zero-order chi connectivity index (χ0) is 11.1. The fourth-order valence-corrected chi connectivity index (χ4v) is 4.45. The maximum atomic E-state index is 10.7. The molecule has 1 saturated carbocycles. The van der Waals surface area contributed by atoms with Crippen molar-refractivity contribution in [2.75, 3.05) is 13.1 Å². The molecule has 0 aromatic carbocycles. The van der Waals surface area contributed by atoms with E-state index >= 15 is 0 Å². The third-order valence-electron chi connectivity index (χ3n) is 5.12. The second kappa shape index (κ2) is 4.02. The van der Waals surface area contributed by atoms with E-state index in [9.17, 15) is 4.79 Å². The van der Waals surface area contributed by atoms with Gasteiger partial charge in [0.15, 0.2) is 0 Å². The van der Waals surface area contributed by atoms with Crippen LogP contribution < -0.4 is 0 Å². The van der Waals surface area contributed by atoms with Crippen LogP contribution in [0.4, 0.5) is 0 Å². The van der Waals surface area contributed by atoms with Gasteiger partial charge in [-0.1, -0.05) is 0 Å². The number of hydrogen-bond acceptors (Lipinski definition) is 2. The lowest BCUT2D eigenvalue weighted by molar-refractivity contribution is -0.137. The van der Waals surface area contributed by atoms with Crippen molar-refractivity contribution in [1.29, 1.82) is 0 Å². The summed E-state index contributed by atoms with van der Waals surface area (Å²) < 4.78 is 0. The van der Waals surface area contributed by atoms with Gasteiger partial charge in [-0.2, -0.15) is 0 Å². The third-order valence-corrected chi connectivity index (χ3v) is 5.12. The molecule has 0 amide bonds. The van der Waals surface area contributed by atoms with Crippen molar-refractivity contribution >= 4 is 5.97 Å². The van der Waals surface area contributed by atoms with Crippen molar-refractivity contribution in [3.05, 3.63) is 0 Å². The minimum Gasteiger partial charge on any atom is -0.481 e. The van der Waals surface area contributed by atoms with Crippen LogP contribution in [0.2, 0.25) is 0 Å². The molecule has 3 nitrogen and oxygen atoms in total. The average molecular weight is 223 g/mol. The Morgan fingerprint density at radius 1 is 1.19 bits per heavy atom. The number of carbonyl (C=O) groups is 1. The van der Waals surface area contributed by atoms with Crippen LogP contribution in [0.1, 0.15) is 38.5 Å². The Labute approximate surface area is 96.8 Å². The van der Waals surface area contributed by atoms with Crippen LogP contribution in [-0.2, 0) is 4.79 Å². The van der Waals surface area contributed by atoms with E-state index in [-0.39, 0.29) is 0 Å². The third kappa shape index (κ3) is 1.65. The lowest BCUT2D eigenvalue weighted by atomic mass is 9.73. The summed E-state index contributed by atoms with van der Waals surface area (Å²) in [5, 5.41) is 8.79. The molecule has 1 N–H and O–H groups in total. The van der Waals surface area contributed by atoms with Crippen molar-refractivity contribution in [2.24, 2.45) is 17.8 Å². The quantitative estimate of drug-likeness (QED) is 0.795. The SMILES string of the molecule is O=C(O)CCC1CCC2C3CCN(CC3)C12. The number of piperidine rings is 3. The van der Waals surface area contributed by atoms with E-state index < -0.39 is 5.97 Å². The summed E-state index contributed by atoms with van der Waals surface area (Å²) in [5.41, 5.74) is 0. The molecule has 3 unspecified atom stereocenters. The molecule has 1 aliphatic carbocycles. The number of aliphatic carboxylic acids is 1. The zero-order valence-corrected chi connectivity index (χ0v) is 9.77. The number of carboxylic acids is 1. The van der Waals surface area contributed by atoms with Crippen molar-refractivity contribution < 1.29 is 9.90 Å². The Morgan fingerprint density at radius 2 is 1.94 bits per heavy atom. The largest absolute Gasteiger partial charge is 0.481 e. The first-order valence-corrected chi connectivity index (χ1v) is 6.71. The van der Waals surface area contributed by atoms with Crippen LogP contribution >= 0.6 is 0 Å². The van der Waals surface area contributed by atoms with E-state index in [1.807, 2.05) is 0 Å². The molecule has 3 heteroatoms. The van der Waals surface area contributed by atoms with Crippen molar-refractivity contribution in [3.63, 3.8) is 0 Å². The Bertz CT molecular complexity index is 284. The highest BCUT2D eigenvalue weighted by Crippen LogP contribution is 2.49. The second-order valence-electron chi connectivity index (χ2n) is 5.80. The highest BCUT2D eigenvalue weighted by atomic mass is 16.4. The Hall–Kier alpha value is -0.570. The van der Waals surface area contributed by atoms with E-state index in [1.165, 1.54) is 38.8 Å². The van der Waals surface area contributed by atoms with Crippen LogP contribution in [0.3, 0.4) is 0 Å². The molecule has 3 saturated heterocycles. The Morgan fingerprint density at radius 3 is 2.62 bits per heavy atom. The van der Waals surface area contributed by atoms with Crippen molar-refractivity contribution in [2.45, 2.75) is 44.6 Å². The van der Waals surface area contributed by atoms with Crippen LogP contribution in [0.5, 0.6) is 0 Å². The van der Waals surface area contributed by atoms with E-state index in [1.54, 1.807) is 0 Å².